The Labute approximate surface area is 176 Å². The number of hydrogen-bond donors (Lipinski definition) is 0. The van der Waals surface area contributed by atoms with Crippen molar-refractivity contribution < 1.29 is 14.4 Å². The Bertz CT molecular complexity index is 988. The maximum absolute atomic E-state index is 12.8. The number of ketones is 3. The Morgan fingerprint density at radius 2 is 1.00 bits per heavy atom. The summed E-state index contributed by atoms with van der Waals surface area (Å²) < 4.78 is 0. The predicted octanol–water partition coefficient (Wildman–Crippen LogP) is 5.44. The van der Waals surface area contributed by atoms with Gasteiger partial charge in [-0.3, -0.25) is 14.4 Å². The summed E-state index contributed by atoms with van der Waals surface area (Å²) in [6.45, 7) is 0. The molecule has 3 nitrogen and oxygen atoms in total. The minimum atomic E-state index is -1.06. The number of hydrogen-bond acceptors (Lipinski definition) is 3. The quantitative estimate of drug-likeness (QED) is 0.276. The molecule has 3 heteroatoms. The van der Waals surface area contributed by atoms with Crippen LogP contribution in [0.25, 0.3) is 12.2 Å². The Balaban J connectivity index is 1.80. The van der Waals surface area contributed by atoms with E-state index in [0.29, 0.717) is 5.56 Å². The van der Waals surface area contributed by atoms with Gasteiger partial charge < -0.3 is 0 Å². The molecule has 148 valence electrons. The first-order valence-corrected chi connectivity index (χ1v) is 9.75. The molecule has 30 heavy (non-hydrogen) atoms. The van der Waals surface area contributed by atoms with Crippen molar-refractivity contribution >= 4 is 29.5 Å². The van der Waals surface area contributed by atoms with Crippen LogP contribution in [0.3, 0.4) is 0 Å². The fraction of sp³-hybridized carbons (Fsp3) is 0.0741. The fourth-order valence-corrected chi connectivity index (χ4v) is 2.99. The van der Waals surface area contributed by atoms with Crippen LogP contribution >= 0.6 is 0 Å². The molecule has 0 saturated carbocycles. The Hall–Kier alpha value is -3.85. The first kappa shape index (κ1) is 20.9. The van der Waals surface area contributed by atoms with Gasteiger partial charge in [-0.25, -0.2) is 0 Å². The van der Waals surface area contributed by atoms with Crippen molar-refractivity contribution in [1.82, 2.24) is 0 Å². The summed E-state index contributed by atoms with van der Waals surface area (Å²) in [5.74, 6) is -2.06. The van der Waals surface area contributed by atoms with Crippen molar-refractivity contribution in [2.24, 2.45) is 5.92 Å². The zero-order valence-corrected chi connectivity index (χ0v) is 16.5. The molecule has 0 bridgehead atoms. The third kappa shape index (κ3) is 6.08. The summed E-state index contributed by atoms with van der Waals surface area (Å²) in [5.41, 5.74) is 2.19. The lowest BCUT2D eigenvalue weighted by Crippen LogP contribution is -2.24. The van der Waals surface area contributed by atoms with Crippen molar-refractivity contribution in [1.29, 1.82) is 0 Å². The second kappa shape index (κ2) is 10.6. The number of allylic oxidation sites excluding steroid dienone is 2. The van der Waals surface area contributed by atoms with E-state index in [4.69, 9.17) is 0 Å². The second-order valence-electron chi connectivity index (χ2n) is 6.84. The minimum absolute atomic E-state index is 0.167. The molecule has 0 aliphatic carbocycles. The lowest BCUT2D eigenvalue weighted by molar-refractivity contribution is -0.127. The highest BCUT2D eigenvalue weighted by Gasteiger charge is 2.26. The van der Waals surface area contributed by atoms with Gasteiger partial charge in [0.15, 0.2) is 17.3 Å². The van der Waals surface area contributed by atoms with Crippen molar-refractivity contribution in [3.05, 3.63) is 120 Å². The molecule has 3 aromatic carbocycles. The van der Waals surface area contributed by atoms with Gasteiger partial charge in [-0.2, -0.15) is 0 Å². The van der Waals surface area contributed by atoms with Crippen LogP contribution in [0.2, 0.25) is 0 Å². The highest BCUT2D eigenvalue weighted by atomic mass is 16.2. The Morgan fingerprint density at radius 3 is 1.43 bits per heavy atom. The van der Waals surface area contributed by atoms with Gasteiger partial charge >= 0.3 is 0 Å². The minimum Gasteiger partial charge on any atom is -0.294 e. The second-order valence-corrected chi connectivity index (χ2v) is 6.84. The van der Waals surface area contributed by atoms with E-state index in [0.717, 1.165) is 11.1 Å². The summed E-state index contributed by atoms with van der Waals surface area (Å²) in [6.07, 6.45) is 5.92. The van der Waals surface area contributed by atoms with Gasteiger partial charge in [-0.05, 0) is 23.3 Å². The van der Waals surface area contributed by atoms with Gasteiger partial charge in [0.05, 0.1) is 5.92 Å². The van der Waals surface area contributed by atoms with E-state index in [1.807, 2.05) is 66.7 Å². The third-order valence-electron chi connectivity index (χ3n) is 4.65. The smallest absolute Gasteiger partial charge is 0.166 e. The topological polar surface area (TPSA) is 51.2 Å². The molecule has 0 fully saturated rings. The fourth-order valence-electron chi connectivity index (χ4n) is 2.99. The van der Waals surface area contributed by atoms with E-state index in [1.165, 1.54) is 12.2 Å². The van der Waals surface area contributed by atoms with Crippen molar-refractivity contribution in [3.8, 4) is 0 Å². The van der Waals surface area contributed by atoms with E-state index in [-0.39, 0.29) is 23.8 Å². The predicted molar refractivity (Wildman–Crippen MR) is 120 cm³/mol. The SMILES string of the molecule is O=C(CC(C(=O)/C=C/c1ccccc1)C(=O)/C=C/c1ccccc1)c1ccccc1. The molecule has 0 saturated heterocycles. The molecular formula is C27H22O3. The van der Waals surface area contributed by atoms with Crippen LogP contribution in [0.5, 0.6) is 0 Å². The van der Waals surface area contributed by atoms with Crippen LogP contribution < -0.4 is 0 Å². The average Bonchev–Trinajstić information content (AvgIpc) is 2.81. The molecule has 0 atom stereocenters. The number of benzene rings is 3. The van der Waals surface area contributed by atoms with Crippen molar-refractivity contribution in [3.63, 3.8) is 0 Å². The molecule has 0 amide bonds. The molecule has 0 spiro atoms. The van der Waals surface area contributed by atoms with Gasteiger partial charge in [0.2, 0.25) is 0 Å². The summed E-state index contributed by atoms with van der Waals surface area (Å²) in [6, 6.07) is 27.4. The highest BCUT2D eigenvalue weighted by molar-refractivity contribution is 6.16. The maximum atomic E-state index is 12.8. The molecular weight excluding hydrogens is 372 g/mol. The average molecular weight is 394 g/mol. The first-order valence-electron chi connectivity index (χ1n) is 9.75. The van der Waals surface area contributed by atoms with Gasteiger partial charge in [-0.1, -0.05) is 103 Å². The first-order chi connectivity index (χ1) is 14.6. The van der Waals surface area contributed by atoms with Crippen molar-refractivity contribution in [2.75, 3.05) is 0 Å². The molecule has 3 rings (SSSR count). The molecule has 3 aromatic rings. The zero-order valence-electron chi connectivity index (χ0n) is 16.5. The lowest BCUT2D eigenvalue weighted by atomic mass is 9.90. The van der Waals surface area contributed by atoms with Crippen LogP contribution in [0.1, 0.15) is 27.9 Å². The largest absolute Gasteiger partial charge is 0.294 e. The molecule has 0 aliphatic heterocycles. The van der Waals surface area contributed by atoms with E-state index < -0.39 is 5.92 Å². The standard InChI is InChI=1S/C27H22O3/c28-25(18-16-21-10-4-1-5-11-21)24(20-27(30)23-14-8-3-9-15-23)26(29)19-17-22-12-6-2-7-13-22/h1-19,24H,20H2/b18-16+,19-17+. The van der Waals surface area contributed by atoms with Gasteiger partial charge in [0.1, 0.15) is 0 Å². The number of carbonyl (C=O) groups is 3. The van der Waals surface area contributed by atoms with Gasteiger partial charge in [0, 0.05) is 12.0 Å². The highest BCUT2D eigenvalue weighted by Crippen LogP contribution is 2.16. The summed E-state index contributed by atoms with van der Waals surface area (Å²) in [5, 5.41) is 0. The van der Waals surface area contributed by atoms with Gasteiger partial charge in [-0.15, -0.1) is 0 Å². The number of rotatable bonds is 9. The molecule has 0 N–H and O–H groups in total. The van der Waals surface area contributed by atoms with Crippen LogP contribution in [-0.4, -0.2) is 17.3 Å². The molecule has 0 heterocycles. The van der Waals surface area contributed by atoms with Crippen LogP contribution in [-0.2, 0) is 9.59 Å². The van der Waals surface area contributed by atoms with Gasteiger partial charge in [0.25, 0.3) is 0 Å². The summed E-state index contributed by atoms with van der Waals surface area (Å²) in [4.78, 5) is 38.3. The third-order valence-corrected chi connectivity index (χ3v) is 4.65. The maximum Gasteiger partial charge on any atom is 0.166 e. The van der Waals surface area contributed by atoms with E-state index in [2.05, 4.69) is 0 Å². The van der Waals surface area contributed by atoms with E-state index in [9.17, 15) is 14.4 Å². The van der Waals surface area contributed by atoms with Crippen LogP contribution in [0, 0.1) is 5.92 Å². The van der Waals surface area contributed by atoms with Crippen LogP contribution in [0.15, 0.2) is 103 Å². The lowest BCUT2D eigenvalue weighted by Gasteiger charge is -2.10. The Kier molecular flexibility index (Phi) is 7.39. The van der Waals surface area contributed by atoms with Crippen molar-refractivity contribution in [2.45, 2.75) is 6.42 Å². The van der Waals surface area contributed by atoms with E-state index >= 15 is 0 Å². The Morgan fingerprint density at radius 1 is 0.600 bits per heavy atom. The molecule has 0 radical (unpaired) electrons. The monoisotopic (exact) mass is 394 g/mol. The normalized spacial score (nSPS) is 11.2. The summed E-state index contributed by atoms with van der Waals surface area (Å²) >= 11 is 0. The number of carbonyl (C=O) groups excluding carboxylic acids is 3. The van der Waals surface area contributed by atoms with Crippen LogP contribution in [0.4, 0.5) is 0 Å². The molecule has 0 aliphatic rings. The number of Topliss-reactive ketones (excluding diaryl/α,β-unsaturated/α-hetero) is 1. The molecule has 0 unspecified atom stereocenters. The molecule has 0 aromatic heterocycles. The zero-order chi connectivity index (χ0) is 21.2. The summed E-state index contributed by atoms with van der Waals surface area (Å²) in [7, 11) is 0. The van der Waals surface area contributed by atoms with E-state index in [1.54, 1.807) is 36.4 Å².